The third-order valence-corrected chi connectivity index (χ3v) is 4.42. The van der Waals surface area contributed by atoms with E-state index in [1.807, 2.05) is 0 Å². The third kappa shape index (κ3) is 4.87. The van der Waals surface area contributed by atoms with Crippen LogP contribution in [0.3, 0.4) is 0 Å². The summed E-state index contributed by atoms with van der Waals surface area (Å²) in [7, 11) is 0. The number of benzene rings is 2. The van der Waals surface area contributed by atoms with Gasteiger partial charge in [-0.2, -0.15) is 0 Å². The van der Waals surface area contributed by atoms with Crippen LogP contribution >= 0.6 is 0 Å². The lowest BCUT2D eigenvalue weighted by molar-refractivity contribution is -0.385. The van der Waals surface area contributed by atoms with Gasteiger partial charge in [0.2, 0.25) is 0 Å². The Bertz CT molecular complexity index is 800. The fourth-order valence-corrected chi connectivity index (χ4v) is 2.94. The predicted molar refractivity (Wildman–Crippen MR) is 97.1 cm³/mol. The number of amides is 1. The maximum atomic E-state index is 11.0. The van der Waals surface area contributed by atoms with Crippen LogP contribution in [0.4, 0.5) is 10.5 Å². The Hall–Kier alpha value is -3.29. The van der Waals surface area contributed by atoms with Gasteiger partial charge in [0, 0.05) is 32.0 Å². The van der Waals surface area contributed by atoms with E-state index in [4.69, 9.17) is 14.6 Å². The molecule has 1 aliphatic heterocycles. The van der Waals surface area contributed by atoms with E-state index in [1.165, 1.54) is 11.0 Å². The maximum Gasteiger partial charge on any atom is 0.407 e. The molecule has 2 aromatic carbocycles. The molecule has 1 fully saturated rings. The number of ether oxygens (including phenoxy) is 2. The van der Waals surface area contributed by atoms with Gasteiger partial charge in [0.15, 0.2) is 0 Å². The molecule has 0 atom stereocenters. The van der Waals surface area contributed by atoms with Crippen LogP contribution in [0.15, 0.2) is 48.5 Å². The van der Waals surface area contributed by atoms with E-state index >= 15 is 0 Å². The highest BCUT2D eigenvalue weighted by Crippen LogP contribution is 2.24. The summed E-state index contributed by atoms with van der Waals surface area (Å²) in [5.41, 5.74) is 0.540. The molecular formula is C19H20N2O6. The van der Waals surface area contributed by atoms with Gasteiger partial charge in [0.05, 0.1) is 10.5 Å². The number of carboxylic acid groups (broad SMARTS) is 1. The van der Waals surface area contributed by atoms with Crippen LogP contribution < -0.4 is 9.47 Å². The van der Waals surface area contributed by atoms with Crippen molar-refractivity contribution in [2.75, 3.05) is 13.1 Å². The number of hydrogen-bond acceptors (Lipinski definition) is 5. The zero-order valence-electron chi connectivity index (χ0n) is 14.6. The first-order valence-electron chi connectivity index (χ1n) is 8.62. The topological polar surface area (TPSA) is 102 Å². The zero-order valence-corrected chi connectivity index (χ0v) is 14.6. The lowest BCUT2D eigenvalue weighted by atomic mass is 10.1. The Morgan fingerprint density at radius 2 is 1.74 bits per heavy atom. The highest BCUT2D eigenvalue weighted by Gasteiger charge is 2.23. The first kappa shape index (κ1) is 18.5. The molecule has 0 aromatic heterocycles. The van der Waals surface area contributed by atoms with Gasteiger partial charge < -0.3 is 19.5 Å². The van der Waals surface area contributed by atoms with Gasteiger partial charge in [-0.05, 0) is 30.3 Å². The zero-order chi connectivity index (χ0) is 19.2. The molecule has 1 N–H and O–H groups in total. The van der Waals surface area contributed by atoms with Crippen molar-refractivity contribution in [3.63, 3.8) is 0 Å². The van der Waals surface area contributed by atoms with E-state index in [0.29, 0.717) is 43.0 Å². The van der Waals surface area contributed by atoms with Gasteiger partial charge in [-0.3, -0.25) is 10.1 Å². The molecule has 0 bridgehead atoms. The second-order valence-electron chi connectivity index (χ2n) is 6.23. The summed E-state index contributed by atoms with van der Waals surface area (Å²) in [6.07, 6.45) is 0.401. The Balaban J connectivity index is 1.52. The normalized spacial score (nSPS) is 14.6. The molecule has 0 spiro atoms. The lowest BCUT2D eigenvalue weighted by Crippen LogP contribution is -2.41. The molecule has 8 nitrogen and oxygen atoms in total. The van der Waals surface area contributed by atoms with Crippen molar-refractivity contribution in [3.8, 4) is 11.5 Å². The van der Waals surface area contributed by atoms with Gasteiger partial charge >= 0.3 is 6.09 Å². The Morgan fingerprint density at radius 1 is 1.11 bits per heavy atom. The Morgan fingerprint density at radius 3 is 2.37 bits per heavy atom. The van der Waals surface area contributed by atoms with E-state index in [-0.39, 0.29) is 18.4 Å². The highest BCUT2D eigenvalue weighted by molar-refractivity contribution is 5.65. The van der Waals surface area contributed by atoms with Crippen LogP contribution in [-0.2, 0) is 6.61 Å². The average Bonchev–Trinajstić information content (AvgIpc) is 2.68. The molecule has 2 aromatic rings. The monoisotopic (exact) mass is 372 g/mol. The van der Waals surface area contributed by atoms with E-state index < -0.39 is 11.0 Å². The molecule has 1 amide bonds. The van der Waals surface area contributed by atoms with Crippen molar-refractivity contribution in [1.29, 1.82) is 0 Å². The van der Waals surface area contributed by atoms with Gasteiger partial charge in [0.25, 0.3) is 5.69 Å². The molecular weight excluding hydrogens is 352 g/mol. The largest absolute Gasteiger partial charge is 0.490 e. The van der Waals surface area contributed by atoms with Crippen molar-refractivity contribution in [2.45, 2.75) is 25.6 Å². The van der Waals surface area contributed by atoms with Gasteiger partial charge in [0.1, 0.15) is 24.2 Å². The van der Waals surface area contributed by atoms with Crippen LogP contribution in [-0.4, -0.2) is 40.2 Å². The summed E-state index contributed by atoms with van der Waals surface area (Å²) in [6, 6.07) is 13.5. The molecule has 1 aliphatic rings. The number of likely N-dealkylation sites (tertiary alicyclic amines) is 1. The second-order valence-corrected chi connectivity index (χ2v) is 6.23. The summed E-state index contributed by atoms with van der Waals surface area (Å²) in [5, 5.41) is 20.0. The number of carbonyl (C=O) groups is 1. The molecule has 1 saturated heterocycles. The average molecular weight is 372 g/mol. The summed E-state index contributed by atoms with van der Waals surface area (Å²) in [4.78, 5) is 22.9. The summed E-state index contributed by atoms with van der Waals surface area (Å²) in [6.45, 7) is 1.04. The smallest absolute Gasteiger partial charge is 0.407 e. The lowest BCUT2D eigenvalue weighted by Gasteiger charge is -2.30. The summed E-state index contributed by atoms with van der Waals surface area (Å²) >= 11 is 0. The summed E-state index contributed by atoms with van der Waals surface area (Å²) < 4.78 is 11.5. The molecule has 1 heterocycles. The minimum atomic E-state index is -0.895. The predicted octanol–water partition coefficient (Wildman–Crippen LogP) is 3.70. The quantitative estimate of drug-likeness (QED) is 0.613. The maximum absolute atomic E-state index is 11.0. The molecule has 142 valence electrons. The highest BCUT2D eigenvalue weighted by atomic mass is 16.6. The molecule has 8 heteroatoms. The minimum absolute atomic E-state index is 0.0145. The van der Waals surface area contributed by atoms with Crippen molar-refractivity contribution >= 4 is 11.8 Å². The number of para-hydroxylation sites is 1. The van der Waals surface area contributed by atoms with E-state index in [2.05, 4.69) is 0 Å². The van der Waals surface area contributed by atoms with Crippen molar-refractivity contribution in [2.24, 2.45) is 0 Å². The number of nitro groups is 1. The Kier molecular flexibility index (Phi) is 5.75. The molecule has 0 saturated carbocycles. The van der Waals surface area contributed by atoms with Gasteiger partial charge in [-0.1, -0.05) is 12.1 Å². The fourth-order valence-electron chi connectivity index (χ4n) is 2.94. The van der Waals surface area contributed by atoms with Gasteiger partial charge in [-0.15, -0.1) is 0 Å². The number of piperidine rings is 1. The van der Waals surface area contributed by atoms with E-state index in [1.54, 1.807) is 42.5 Å². The fraction of sp³-hybridized carbons (Fsp3) is 0.316. The van der Waals surface area contributed by atoms with Crippen LogP contribution in [0.1, 0.15) is 18.4 Å². The van der Waals surface area contributed by atoms with E-state index in [9.17, 15) is 14.9 Å². The number of nitro benzene ring substituents is 1. The molecule has 27 heavy (non-hydrogen) atoms. The SMILES string of the molecule is O=C(O)N1CCC(Oc2ccc(OCc3ccccc3[N+](=O)[O-])cc2)CC1. The molecule has 0 aliphatic carbocycles. The first-order chi connectivity index (χ1) is 13.0. The van der Waals surface area contributed by atoms with Crippen molar-refractivity contribution in [3.05, 3.63) is 64.2 Å². The molecule has 0 unspecified atom stereocenters. The Labute approximate surface area is 156 Å². The minimum Gasteiger partial charge on any atom is -0.490 e. The summed E-state index contributed by atoms with van der Waals surface area (Å²) in [5.74, 6) is 1.27. The standard InChI is InChI=1S/C19H20N2O6/c22-19(23)20-11-9-17(10-12-20)27-16-7-5-15(6-8-16)26-13-14-3-1-2-4-18(14)21(24)25/h1-8,17H,9-13H2,(H,22,23). The van der Waals surface area contributed by atoms with Crippen LogP contribution in [0.25, 0.3) is 0 Å². The number of hydrogen-bond donors (Lipinski definition) is 1. The van der Waals surface area contributed by atoms with Crippen LogP contribution in [0.5, 0.6) is 11.5 Å². The first-order valence-corrected chi connectivity index (χ1v) is 8.62. The number of nitrogens with zero attached hydrogens (tertiary/aromatic N) is 2. The molecule has 3 rings (SSSR count). The third-order valence-electron chi connectivity index (χ3n) is 4.42. The second kappa shape index (κ2) is 8.39. The van der Waals surface area contributed by atoms with Crippen molar-refractivity contribution < 1.29 is 24.3 Å². The van der Waals surface area contributed by atoms with Crippen molar-refractivity contribution in [1.82, 2.24) is 4.90 Å². The molecule has 0 radical (unpaired) electrons. The van der Waals surface area contributed by atoms with Crippen LogP contribution in [0, 0.1) is 10.1 Å². The van der Waals surface area contributed by atoms with E-state index in [0.717, 1.165) is 0 Å². The van der Waals surface area contributed by atoms with Crippen LogP contribution in [0.2, 0.25) is 0 Å². The number of rotatable bonds is 6. The van der Waals surface area contributed by atoms with Gasteiger partial charge in [-0.25, -0.2) is 4.79 Å².